The van der Waals surface area contributed by atoms with Crippen molar-refractivity contribution in [1.82, 2.24) is 5.32 Å². The number of nitrogens with one attached hydrogen (secondary N) is 1. The average Bonchev–Trinajstić information content (AvgIpc) is 3.32. The Kier molecular flexibility index (Phi) is 5.05. The number of ether oxygens (including phenoxy) is 1. The quantitative estimate of drug-likeness (QED) is 0.617. The number of aliphatic imine (C=N–C) groups is 1. The van der Waals surface area contributed by atoms with Crippen molar-refractivity contribution >= 4 is 40.4 Å². The molecule has 1 heterocycles. The molecule has 1 N–H and O–H groups in total. The molecule has 1 saturated heterocycles. The monoisotopic (exact) mass is 390 g/mol. The number of hydrogen-bond acceptors (Lipinski definition) is 5. The summed E-state index contributed by atoms with van der Waals surface area (Å²) in [5.74, 6) is 0.625. The number of hydrogen-bond donors (Lipinski definition) is 1. The first-order chi connectivity index (χ1) is 12.6. The molecule has 7 heteroatoms. The zero-order valence-corrected chi connectivity index (χ0v) is 15.6. The topological polar surface area (TPSA) is 67.8 Å². The summed E-state index contributed by atoms with van der Waals surface area (Å²) >= 11 is 7.42. The van der Waals surface area contributed by atoms with E-state index in [4.69, 9.17) is 21.3 Å². The number of amides is 1. The van der Waals surface area contributed by atoms with Gasteiger partial charge >= 0.3 is 5.97 Å². The number of benzene rings is 1. The summed E-state index contributed by atoms with van der Waals surface area (Å²) in [4.78, 5) is 28.9. The lowest BCUT2D eigenvalue weighted by Gasteiger charge is -2.13. The molecule has 2 bridgehead atoms. The van der Waals surface area contributed by atoms with Crippen LogP contribution in [-0.2, 0) is 9.53 Å². The number of rotatable bonds is 5. The number of nitrogens with zero attached hydrogens (tertiary/aromatic N) is 1. The van der Waals surface area contributed by atoms with E-state index in [0.29, 0.717) is 34.0 Å². The fraction of sp³-hybridized carbons (Fsp3) is 0.421. The van der Waals surface area contributed by atoms with E-state index in [9.17, 15) is 9.59 Å². The van der Waals surface area contributed by atoms with Gasteiger partial charge in [-0.1, -0.05) is 47.6 Å². The first-order valence-electron chi connectivity index (χ1n) is 8.75. The molecule has 4 unspecified atom stereocenters. The maximum absolute atomic E-state index is 12.1. The zero-order chi connectivity index (χ0) is 18.1. The lowest BCUT2D eigenvalue weighted by Crippen LogP contribution is -2.27. The maximum atomic E-state index is 12.1. The molecule has 3 aliphatic rings. The molecule has 0 spiro atoms. The second kappa shape index (κ2) is 7.45. The molecule has 1 saturated carbocycles. The first kappa shape index (κ1) is 17.6. The van der Waals surface area contributed by atoms with Gasteiger partial charge in [-0.15, -0.1) is 0 Å². The molecular formula is C19H19ClN2O3S. The third-order valence-corrected chi connectivity index (χ3v) is 6.50. The number of esters is 1. The van der Waals surface area contributed by atoms with Crippen LogP contribution in [0.2, 0.25) is 5.02 Å². The molecule has 1 aliphatic heterocycles. The fourth-order valence-corrected chi connectivity index (χ4v) is 4.89. The number of halogens is 1. The summed E-state index contributed by atoms with van der Waals surface area (Å²) in [5.41, 5.74) is 0.337. The average molecular weight is 391 g/mol. The lowest BCUT2D eigenvalue weighted by atomic mass is 10.0. The van der Waals surface area contributed by atoms with E-state index in [2.05, 4.69) is 17.5 Å². The standard InChI is InChI=1S/C19H19ClN2O3S/c20-14-4-2-1-3-13(14)18(24)25-8-7-16-17(23)22-19(26-16)21-15-10-11-5-6-12(15)9-11/h1-6,11-12,15-16H,7-10H2,(H,21,22,23). The van der Waals surface area contributed by atoms with Gasteiger partial charge in [-0.2, -0.15) is 0 Å². The van der Waals surface area contributed by atoms with Crippen LogP contribution in [0.4, 0.5) is 0 Å². The molecule has 26 heavy (non-hydrogen) atoms. The highest BCUT2D eigenvalue weighted by Gasteiger charge is 2.37. The summed E-state index contributed by atoms with van der Waals surface area (Å²) in [6.07, 6.45) is 7.22. The van der Waals surface area contributed by atoms with E-state index >= 15 is 0 Å². The molecule has 1 aromatic rings. The van der Waals surface area contributed by atoms with Crippen LogP contribution in [-0.4, -0.2) is 34.9 Å². The van der Waals surface area contributed by atoms with Crippen molar-refractivity contribution in [3.05, 3.63) is 47.0 Å². The summed E-state index contributed by atoms with van der Waals surface area (Å²) < 4.78 is 5.26. The first-order valence-corrected chi connectivity index (χ1v) is 10.0. The number of thioether (sulfide) groups is 1. The highest BCUT2D eigenvalue weighted by atomic mass is 35.5. The van der Waals surface area contributed by atoms with Gasteiger partial charge in [0.15, 0.2) is 5.17 Å². The van der Waals surface area contributed by atoms with Gasteiger partial charge in [0.2, 0.25) is 5.91 Å². The third kappa shape index (κ3) is 3.67. The van der Waals surface area contributed by atoms with E-state index in [1.807, 2.05) is 0 Å². The Bertz CT molecular complexity index is 795. The van der Waals surface area contributed by atoms with Crippen molar-refractivity contribution in [2.75, 3.05) is 6.61 Å². The van der Waals surface area contributed by atoms with Gasteiger partial charge in [-0.25, -0.2) is 4.79 Å². The molecule has 0 radical (unpaired) electrons. The number of carbonyl (C=O) groups excluding carboxylic acids is 2. The molecule has 2 fully saturated rings. The minimum Gasteiger partial charge on any atom is -0.462 e. The Hall–Kier alpha value is -1.79. The minimum atomic E-state index is -0.471. The summed E-state index contributed by atoms with van der Waals surface area (Å²) in [7, 11) is 0. The van der Waals surface area contributed by atoms with E-state index in [-0.39, 0.29) is 23.8 Å². The largest absolute Gasteiger partial charge is 0.462 e. The third-order valence-electron chi connectivity index (χ3n) is 5.01. The molecule has 5 nitrogen and oxygen atoms in total. The molecular weight excluding hydrogens is 372 g/mol. The van der Waals surface area contributed by atoms with Gasteiger partial charge in [0.1, 0.15) is 0 Å². The van der Waals surface area contributed by atoms with Gasteiger partial charge in [-0.05, 0) is 36.8 Å². The van der Waals surface area contributed by atoms with Gasteiger partial charge < -0.3 is 10.1 Å². The number of carbonyl (C=O) groups is 2. The van der Waals surface area contributed by atoms with Crippen molar-refractivity contribution in [3.63, 3.8) is 0 Å². The van der Waals surface area contributed by atoms with Gasteiger partial charge in [0, 0.05) is 6.42 Å². The van der Waals surface area contributed by atoms with Gasteiger partial charge in [-0.3, -0.25) is 9.79 Å². The molecule has 4 rings (SSSR count). The Labute approximate surface area is 161 Å². The highest BCUT2D eigenvalue weighted by molar-refractivity contribution is 8.15. The van der Waals surface area contributed by atoms with E-state index in [1.165, 1.54) is 18.2 Å². The van der Waals surface area contributed by atoms with Crippen molar-refractivity contribution in [2.24, 2.45) is 16.8 Å². The molecule has 0 aromatic heterocycles. The number of allylic oxidation sites excluding steroid dienone is 1. The SMILES string of the molecule is O=C(OCCC1SC(=NC2CC3C=CC2C3)NC1=O)c1ccccc1Cl. The van der Waals surface area contributed by atoms with Crippen LogP contribution in [0.3, 0.4) is 0 Å². The van der Waals surface area contributed by atoms with Crippen LogP contribution < -0.4 is 5.32 Å². The molecule has 1 aromatic carbocycles. The van der Waals surface area contributed by atoms with Crippen LogP contribution in [0.25, 0.3) is 0 Å². The molecule has 1 amide bonds. The van der Waals surface area contributed by atoms with Crippen molar-refractivity contribution in [2.45, 2.75) is 30.6 Å². The number of amidine groups is 1. The second-order valence-electron chi connectivity index (χ2n) is 6.78. The molecule has 2 aliphatic carbocycles. The normalized spacial score (nSPS) is 30.8. The smallest absolute Gasteiger partial charge is 0.339 e. The van der Waals surface area contributed by atoms with Crippen LogP contribution in [0.15, 0.2) is 41.4 Å². The van der Waals surface area contributed by atoms with Crippen LogP contribution in [0.1, 0.15) is 29.6 Å². The maximum Gasteiger partial charge on any atom is 0.339 e. The predicted molar refractivity (Wildman–Crippen MR) is 102 cm³/mol. The second-order valence-corrected chi connectivity index (χ2v) is 8.38. The Morgan fingerprint density at radius 2 is 2.15 bits per heavy atom. The summed E-state index contributed by atoms with van der Waals surface area (Å²) in [6, 6.07) is 7.04. The van der Waals surface area contributed by atoms with Gasteiger partial charge in [0.25, 0.3) is 0 Å². The van der Waals surface area contributed by atoms with Crippen molar-refractivity contribution in [3.8, 4) is 0 Å². The minimum absolute atomic E-state index is 0.0683. The van der Waals surface area contributed by atoms with Crippen LogP contribution >= 0.6 is 23.4 Å². The Morgan fingerprint density at radius 1 is 1.31 bits per heavy atom. The van der Waals surface area contributed by atoms with E-state index < -0.39 is 5.97 Å². The van der Waals surface area contributed by atoms with E-state index in [1.54, 1.807) is 24.3 Å². The van der Waals surface area contributed by atoms with E-state index in [0.717, 1.165) is 6.42 Å². The summed E-state index contributed by atoms with van der Waals surface area (Å²) in [6.45, 7) is 0.166. The Balaban J connectivity index is 1.28. The molecule has 4 atom stereocenters. The number of fused-ring (bicyclic) bond motifs is 2. The van der Waals surface area contributed by atoms with Gasteiger partial charge in [0.05, 0.1) is 28.5 Å². The summed E-state index contributed by atoms with van der Waals surface area (Å²) in [5, 5.41) is 3.64. The molecule has 136 valence electrons. The van der Waals surface area contributed by atoms with Crippen LogP contribution in [0.5, 0.6) is 0 Å². The Morgan fingerprint density at radius 3 is 2.88 bits per heavy atom. The zero-order valence-electron chi connectivity index (χ0n) is 14.1. The van der Waals surface area contributed by atoms with Crippen LogP contribution in [0, 0.1) is 11.8 Å². The lowest BCUT2D eigenvalue weighted by molar-refractivity contribution is -0.119. The van der Waals surface area contributed by atoms with Crippen molar-refractivity contribution in [1.29, 1.82) is 0 Å². The highest BCUT2D eigenvalue weighted by Crippen LogP contribution is 2.41. The van der Waals surface area contributed by atoms with Crippen molar-refractivity contribution < 1.29 is 14.3 Å². The fourth-order valence-electron chi connectivity index (χ4n) is 3.67. The predicted octanol–water partition coefficient (Wildman–Crippen LogP) is 3.44.